The van der Waals surface area contributed by atoms with Gasteiger partial charge in [-0.05, 0) is 29.2 Å². The van der Waals surface area contributed by atoms with Crippen molar-refractivity contribution >= 4 is 29.1 Å². The first-order valence-corrected chi connectivity index (χ1v) is 8.88. The third kappa shape index (κ3) is 4.62. The number of rotatable bonds is 6. The van der Waals surface area contributed by atoms with Gasteiger partial charge in [0.25, 0.3) is 0 Å². The van der Waals surface area contributed by atoms with E-state index in [-0.39, 0.29) is 11.8 Å². The minimum atomic E-state index is -0.395. The molecule has 3 rings (SSSR count). The summed E-state index contributed by atoms with van der Waals surface area (Å²) in [7, 11) is 0. The van der Waals surface area contributed by atoms with Crippen LogP contribution in [0, 0.1) is 0 Å². The fraction of sp³-hybridized carbons (Fsp3) is 0.211. The van der Waals surface area contributed by atoms with Gasteiger partial charge in [0.1, 0.15) is 0 Å². The molecule has 3 aromatic rings. The molecule has 1 atom stereocenters. The first-order valence-electron chi connectivity index (χ1n) is 8.12. The Morgan fingerprint density at radius 3 is 2.65 bits per heavy atom. The lowest BCUT2D eigenvalue weighted by molar-refractivity contribution is 0.0915. The van der Waals surface area contributed by atoms with E-state index in [2.05, 4.69) is 15.5 Å². The molecule has 1 aromatic heterocycles. The molecule has 1 N–H and O–H groups in total. The second-order valence-corrected chi connectivity index (χ2v) is 6.78. The second-order valence-electron chi connectivity index (χ2n) is 5.94. The van der Waals surface area contributed by atoms with Gasteiger partial charge in [0.15, 0.2) is 0 Å². The van der Waals surface area contributed by atoms with Crippen LogP contribution in [0.2, 0.25) is 10.0 Å². The Morgan fingerprint density at radius 1 is 1.15 bits per heavy atom. The van der Waals surface area contributed by atoms with E-state index in [1.165, 1.54) is 0 Å². The van der Waals surface area contributed by atoms with Gasteiger partial charge in [-0.15, -0.1) is 10.2 Å². The third-order valence-electron chi connectivity index (χ3n) is 3.96. The van der Waals surface area contributed by atoms with Gasteiger partial charge in [-0.25, -0.2) is 0 Å². The highest BCUT2D eigenvalue weighted by Gasteiger charge is 2.17. The molecule has 26 heavy (non-hydrogen) atoms. The highest BCUT2D eigenvalue weighted by atomic mass is 35.5. The van der Waals surface area contributed by atoms with E-state index < -0.39 is 5.91 Å². The highest BCUT2D eigenvalue weighted by Crippen LogP contribution is 2.23. The Balaban J connectivity index is 1.59. The van der Waals surface area contributed by atoms with Crippen LogP contribution < -0.4 is 5.32 Å². The molecule has 1 heterocycles. The van der Waals surface area contributed by atoms with Crippen LogP contribution in [-0.2, 0) is 6.42 Å². The van der Waals surface area contributed by atoms with Gasteiger partial charge in [-0.3, -0.25) is 4.79 Å². The van der Waals surface area contributed by atoms with E-state index in [0.717, 1.165) is 11.1 Å². The van der Waals surface area contributed by atoms with Gasteiger partial charge in [0, 0.05) is 16.6 Å². The number of nitrogens with zero attached hydrogens (tertiary/aromatic N) is 2. The van der Waals surface area contributed by atoms with Crippen molar-refractivity contribution in [3.63, 3.8) is 0 Å². The molecular formula is C19H17Cl2N3O2. The normalized spacial score (nSPS) is 12.0. The number of hydrogen-bond acceptors (Lipinski definition) is 4. The van der Waals surface area contributed by atoms with Gasteiger partial charge < -0.3 is 9.73 Å². The van der Waals surface area contributed by atoms with Crippen molar-refractivity contribution in [2.75, 3.05) is 6.54 Å². The van der Waals surface area contributed by atoms with Gasteiger partial charge in [0.2, 0.25) is 5.89 Å². The second kappa shape index (κ2) is 8.34. The molecule has 1 unspecified atom stereocenters. The van der Waals surface area contributed by atoms with Crippen molar-refractivity contribution in [2.45, 2.75) is 19.3 Å². The predicted octanol–water partition coefficient (Wildman–Crippen LogP) is 4.50. The third-order valence-corrected chi connectivity index (χ3v) is 4.54. The molecule has 0 fully saturated rings. The van der Waals surface area contributed by atoms with Crippen molar-refractivity contribution in [3.8, 4) is 0 Å². The summed E-state index contributed by atoms with van der Waals surface area (Å²) in [5.41, 5.74) is 1.95. The molecule has 134 valence electrons. The standard InChI is InChI=1S/C19H17Cl2N3O2/c1-12(13-5-3-2-4-6-13)11-22-18(25)19-24-23-17(26-19)9-14-7-8-15(20)10-16(14)21/h2-8,10,12H,9,11H2,1H3,(H,22,25). The maximum Gasteiger partial charge on any atom is 0.308 e. The van der Waals surface area contributed by atoms with E-state index in [1.54, 1.807) is 18.2 Å². The number of hydrogen-bond donors (Lipinski definition) is 1. The zero-order valence-electron chi connectivity index (χ0n) is 14.1. The molecule has 0 saturated carbocycles. The van der Waals surface area contributed by atoms with Crippen LogP contribution in [0.1, 0.15) is 40.5 Å². The fourth-order valence-corrected chi connectivity index (χ4v) is 2.94. The van der Waals surface area contributed by atoms with Crippen molar-refractivity contribution in [1.29, 1.82) is 0 Å². The van der Waals surface area contributed by atoms with Gasteiger partial charge in [-0.2, -0.15) is 0 Å². The Labute approximate surface area is 161 Å². The zero-order chi connectivity index (χ0) is 18.5. The molecular weight excluding hydrogens is 373 g/mol. The maximum atomic E-state index is 12.2. The first-order chi connectivity index (χ1) is 12.5. The average molecular weight is 390 g/mol. The summed E-state index contributed by atoms with van der Waals surface area (Å²) in [5.74, 6) is 0.0324. The Bertz CT molecular complexity index is 897. The van der Waals surface area contributed by atoms with Crippen molar-refractivity contribution in [2.24, 2.45) is 0 Å². The van der Waals surface area contributed by atoms with Crippen LogP contribution in [-0.4, -0.2) is 22.6 Å². The van der Waals surface area contributed by atoms with Crippen molar-refractivity contribution < 1.29 is 9.21 Å². The number of benzene rings is 2. The van der Waals surface area contributed by atoms with Crippen molar-refractivity contribution in [1.82, 2.24) is 15.5 Å². The SMILES string of the molecule is CC(CNC(=O)c1nnc(Cc2ccc(Cl)cc2Cl)o1)c1ccccc1. The summed E-state index contributed by atoms with van der Waals surface area (Å²) in [4.78, 5) is 12.2. The molecule has 0 saturated heterocycles. The summed E-state index contributed by atoms with van der Waals surface area (Å²) in [5, 5.41) is 11.6. The Hall–Kier alpha value is -2.37. The van der Waals surface area contributed by atoms with Crippen molar-refractivity contribution in [3.05, 3.63) is 81.5 Å². The van der Waals surface area contributed by atoms with Crippen LogP contribution in [0.25, 0.3) is 0 Å². The van der Waals surface area contributed by atoms with E-state index in [1.807, 2.05) is 37.3 Å². The molecule has 2 aromatic carbocycles. The maximum absolute atomic E-state index is 12.2. The highest BCUT2D eigenvalue weighted by molar-refractivity contribution is 6.35. The number of amides is 1. The summed E-state index contributed by atoms with van der Waals surface area (Å²) in [6, 6.07) is 15.1. The predicted molar refractivity (Wildman–Crippen MR) is 101 cm³/mol. The molecule has 0 spiro atoms. The number of carbonyl (C=O) groups excluding carboxylic acids is 1. The lowest BCUT2D eigenvalue weighted by Gasteiger charge is -2.11. The topological polar surface area (TPSA) is 68.0 Å². The van der Waals surface area contributed by atoms with Gasteiger partial charge in [0.05, 0.1) is 6.42 Å². The molecule has 0 aliphatic rings. The summed E-state index contributed by atoms with van der Waals surface area (Å²) in [6.45, 7) is 2.51. The number of aromatic nitrogens is 2. The molecule has 0 aliphatic heterocycles. The van der Waals surface area contributed by atoms with E-state index in [0.29, 0.717) is 28.9 Å². The van der Waals surface area contributed by atoms with Gasteiger partial charge in [-0.1, -0.05) is 66.5 Å². The van der Waals surface area contributed by atoms with E-state index >= 15 is 0 Å². The lowest BCUT2D eigenvalue weighted by Crippen LogP contribution is -2.27. The fourth-order valence-electron chi connectivity index (χ4n) is 2.47. The minimum absolute atomic E-state index is 0.0645. The smallest absolute Gasteiger partial charge is 0.308 e. The Kier molecular flexibility index (Phi) is 5.91. The molecule has 0 bridgehead atoms. The summed E-state index contributed by atoms with van der Waals surface area (Å²) >= 11 is 12.0. The zero-order valence-corrected chi connectivity index (χ0v) is 15.6. The van der Waals surface area contributed by atoms with Crippen LogP contribution in [0.5, 0.6) is 0 Å². The summed E-state index contributed by atoms with van der Waals surface area (Å²) in [6.07, 6.45) is 0.330. The van der Waals surface area contributed by atoms with E-state index in [9.17, 15) is 4.79 Å². The van der Waals surface area contributed by atoms with E-state index in [4.69, 9.17) is 27.6 Å². The number of carbonyl (C=O) groups is 1. The largest absolute Gasteiger partial charge is 0.417 e. The van der Waals surface area contributed by atoms with Crippen LogP contribution in [0.3, 0.4) is 0 Å². The molecule has 7 heteroatoms. The average Bonchev–Trinajstić information content (AvgIpc) is 3.11. The molecule has 0 radical (unpaired) electrons. The molecule has 5 nitrogen and oxygen atoms in total. The summed E-state index contributed by atoms with van der Waals surface area (Å²) < 4.78 is 5.45. The van der Waals surface area contributed by atoms with Gasteiger partial charge >= 0.3 is 11.8 Å². The Morgan fingerprint density at radius 2 is 1.92 bits per heavy atom. The monoisotopic (exact) mass is 389 g/mol. The van der Waals surface area contributed by atoms with Crippen LogP contribution >= 0.6 is 23.2 Å². The molecule has 0 aliphatic carbocycles. The van der Waals surface area contributed by atoms with Crippen LogP contribution in [0.4, 0.5) is 0 Å². The number of halogens is 2. The quantitative estimate of drug-likeness (QED) is 0.673. The first kappa shape index (κ1) is 18.4. The minimum Gasteiger partial charge on any atom is -0.417 e. The molecule has 1 amide bonds. The van der Waals surface area contributed by atoms with Crippen LogP contribution in [0.15, 0.2) is 52.9 Å². The number of nitrogens with one attached hydrogen (secondary N) is 1. The lowest BCUT2D eigenvalue weighted by atomic mass is 10.0.